The third-order valence-electron chi connectivity index (χ3n) is 4.68. The van der Waals surface area contributed by atoms with Gasteiger partial charge in [0.25, 0.3) is 5.56 Å². The lowest BCUT2D eigenvalue weighted by molar-refractivity contribution is -0.121. The number of amides is 1. The molecule has 1 N–H and O–H groups in total. The normalized spacial score (nSPS) is 12.1. The molecule has 0 saturated heterocycles. The Labute approximate surface area is 152 Å². The number of aryl methyl sites for hydroxylation is 1. The van der Waals surface area contributed by atoms with Gasteiger partial charge in [-0.1, -0.05) is 49.4 Å². The standard InChI is InChI=1S/C21H23N3O2/c1-3-16(17-9-5-4-6-10-17)12-22-19(25)13-24-14-23-20-15(2)8-7-11-18(20)21(24)26/h4-11,14,16H,3,12-13H2,1-2H3,(H,22,25). The Morgan fingerprint density at radius 2 is 1.92 bits per heavy atom. The summed E-state index contributed by atoms with van der Waals surface area (Å²) in [5.74, 6) is 0.0736. The maximum absolute atomic E-state index is 12.6. The molecule has 3 aromatic rings. The molecule has 3 rings (SSSR count). The number of carbonyl (C=O) groups excluding carboxylic acids is 1. The quantitative estimate of drug-likeness (QED) is 0.744. The Morgan fingerprint density at radius 1 is 1.15 bits per heavy atom. The Bertz CT molecular complexity index is 964. The molecule has 0 saturated carbocycles. The van der Waals surface area contributed by atoms with Gasteiger partial charge in [-0.15, -0.1) is 0 Å². The van der Waals surface area contributed by atoms with Crippen LogP contribution in [-0.4, -0.2) is 22.0 Å². The van der Waals surface area contributed by atoms with Crippen LogP contribution in [0.2, 0.25) is 0 Å². The number of carbonyl (C=O) groups is 1. The van der Waals surface area contributed by atoms with Crippen molar-refractivity contribution in [2.75, 3.05) is 6.54 Å². The first-order valence-electron chi connectivity index (χ1n) is 8.86. The van der Waals surface area contributed by atoms with E-state index in [0.29, 0.717) is 17.4 Å². The lowest BCUT2D eigenvalue weighted by Gasteiger charge is -2.16. The van der Waals surface area contributed by atoms with Crippen LogP contribution in [0.4, 0.5) is 0 Å². The van der Waals surface area contributed by atoms with Gasteiger partial charge in [0, 0.05) is 12.5 Å². The second-order valence-corrected chi connectivity index (χ2v) is 6.47. The van der Waals surface area contributed by atoms with E-state index in [4.69, 9.17) is 0 Å². The first kappa shape index (κ1) is 17.9. The summed E-state index contributed by atoms with van der Waals surface area (Å²) in [4.78, 5) is 29.2. The predicted octanol–water partition coefficient (Wildman–Crippen LogP) is 3.01. The van der Waals surface area contributed by atoms with Gasteiger partial charge in [-0.3, -0.25) is 14.2 Å². The summed E-state index contributed by atoms with van der Waals surface area (Å²) in [6, 6.07) is 15.6. The molecule has 0 bridgehead atoms. The van der Waals surface area contributed by atoms with Crippen LogP contribution in [0.15, 0.2) is 59.7 Å². The van der Waals surface area contributed by atoms with Crippen LogP contribution in [0.25, 0.3) is 10.9 Å². The number of hydrogen-bond acceptors (Lipinski definition) is 3. The van der Waals surface area contributed by atoms with E-state index in [1.165, 1.54) is 16.5 Å². The van der Waals surface area contributed by atoms with Crippen molar-refractivity contribution in [1.82, 2.24) is 14.9 Å². The number of hydrogen-bond donors (Lipinski definition) is 1. The van der Waals surface area contributed by atoms with Crippen molar-refractivity contribution in [2.45, 2.75) is 32.7 Å². The van der Waals surface area contributed by atoms with Crippen molar-refractivity contribution >= 4 is 16.8 Å². The van der Waals surface area contributed by atoms with Crippen LogP contribution < -0.4 is 10.9 Å². The molecule has 2 aromatic carbocycles. The molecule has 0 aliphatic heterocycles. The molecule has 1 amide bonds. The monoisotopic (exact) mass is 349 g/mol. The largest absolute Gasteiger partial charge is 0.354 e. The van der Waals surface area contributed by atoms with Gasteiger partial charge in [-0.05, 0) is 30.5 Å². The summed E-state index contributed by atoms with van der Waals surface area (Å²) in [6.07, 6.45) is 2.38. The molecule has 1 unspecified atom stereocenters. The number of rotatable bonds is 6. The van der Waals surface area contributed by atoms with Crippen LogP contribution >= 0.6 is 0 Å². The average molecular weight is 349 g/mol. The number of fused-ring (bicyclic) bond motifs is 1. The minimum absolute atomic E-state index is 0.0268. The van der Waals surface area contributed by atoms with E-state index >= 15 is 0 Å². The van der Waals surface area contributed by atoms with Gasteiger partial charge < -0.3 is 5.32 Å². The number of aromatic nitrogens is 2. The minimum atomic E-state index is -0.191. The number of para-hydroxylation sites is 1. The molecule has 134 valence electrons. The SMILES string of the molecule is CCC(CNC(=O)Cn1cnc2c(C)cccc2c1=O)c1ccccc1. The van der Waals surface area contributed by atoms with Crippen LogP contribution in [0.1, 0.15) is 30.4 Å². The highest BCUT2D eigenvalue weighted by Crippen LogP contribution is 2.17. The highest BCUT2D eigenvalue weighted by atomic mass is 16.2. The first-order chi connectivity index (χ1) is 12.6. The van der Waals surface area contributed by atoms with Gasteiger partial charge in [-0.25, -0.2) is 4.98 Å². The average Bonchev–Trinajstić information content (AvgIpc) is 2.66. The second-order valence-electron chi connectivity index (χ2n) is 6.47. The van der Waals surface area contributed by atoms with Crippen LogP contribution in [0.3, 0.4) is 0 Å². The molecule has 5 heteroatoms. The van der Waals surface area contributed by atoms with Crippen LogP contribution in [0, 0.1) is 6.92 Å². The molecule has 0 fully saturated rings. The van der Waals surface area contributed by atoms with E-state index in [0.717, 1.165) is 12.0 Å². The highest BCUT2D eigenvalue weighted by molar-refractivity contribution is 5.81. The fourth-order valence-electron chi connectivity index (χ4n) is 3.12. The molecule has 1 atom stereocenters. The van der Waals surface area contributed by atoms with Gasteiger partial charge in [-0.2, -0.15) is 0 Å². The highest BCUT2D eigenvalue weighted by Gasteiger charge is 2.12. The third-order valence-corrected chi connectivity index (χ3v) is 4.68. The Hall–Kier alpha value is -2.95. The Balaban J connectivity index is 1.69. The van der Waals surface area contributed by atoms with E-state index in [9.17, 15) is 9.59 Å². The summed E-state index contributed by atoms with van der Waals surface area (Å²) in [6.45, 7) is 4.54. The van der Waals surface area contributed by atoms with E-state index in [2.05, 4.69) is 29.4 Å². The maximum atomic E-state index is 12.6. The summed E-state index contributed by atoms with van der Waals surface area (Å²) >= 11 is 0. The molecule has 5 nitrogen and oxygen atoms in total. The van der Waals surface area contributed by atoms with Crippen LogP contribution in [0.5, 0.6) is 0 Å². The fourth-order valence-corrected chi connectivity index (χ4v) is 3.12. The molecule has 0 radical (unpaired) electrons. The lowest BCUT2D eigenvalue weighted by atomic mass is 9.96. The molecule has 0 aliphatic rings. The maximum Gasteiger partial charge on any atom is 0.261 e. The zero-order chi connectivity index (χ0) is 18.5. The third kappa shape index (κ3) is 3.82. The van der Waals surface area contributed by atoms with E-state index in [1.807, 2.05) is 37.3 Å². The first-order valence-corrected chi connectivity index (χ1v) is 8.86. The number of nitrogens with one attached hydrogen (secondary N) is 1. The van der Waals surface area contributed by atoms with E-state index in [-0.39, 0.29) is 23.9 Å². The van der Waals surface area contributed by atoms with E-state index in [1.54, 1.807) is 6.07 Å². The Kier molecular flexibility index (Phi) is 5.46. The van der Waals surface area contributed by atoms with E-state index < -0.39 is 0 Å². The zero-order valence-electron chi connectivity index (χ0n) is 15.1. The molecular weight excluding hydrogens is 326 g/mol. The summed E-state index contributed by atoms with van der Waals surface area (Å²) in [5.41, 5.74) is 2.65. The van der Waals surface area contributed by atoms with Crippen molar-refractivity contribution in [3.63, 3.8) is 0 Å². The summed E-state index contributed by atoms with van der Waals surface area (Å²) < 4.78 is 1.36. The molecule has 26 heavy (non-hydrogen) atoms. The molecule has 0 aliphatic carbocycles. The fraction of sp³-hybridized carbons (Fsp3) is 0.286. The smallest absolute Gasteiger partial charge is 0.261 e. The van der Waals surface area contributed by atoms with Crippen molar-refractivity contribution in [3.8, 4) is 0 Å². The second kappa shape index (κ2) is 7.95. The van der Waals surface area contributed by atoms with Gasteiger partial charge in [0.15, 0.2) is 0 Å². The van der Waals surface area contributed by atoms with Crippen molar-refractivity contribution in [3.05, 3.63) is 76.3 Å². The minimum Gasteiger partial charge on any atom is -0.354 e. The molecule has 1 heterocycles. The topological polar surface area (TPSA) is 64.0 Å². The molecule has 1 aromatic heterocycles. The zero-order valence-corrected chi connectivity index (χ0v) is 15.1. The molecular formula is C21H23N3O2. The lowest BCUT2D eigenvalue weighted by Crippen LogP contribution is -2.34. The number of nitrogens with zero attached hydrogens (tertiary/aromatic N) is 2. The van der Waals surface area contributed by atoms with Crippen LogP contribution in [-0.2, 0) is 11.3 Å². The van der Waals surface area contributed by atoms with Crippen molar-refractivity contribution in [1.29, 1.82) is 0 Å². The predicted molar refractivity (Wildman–Crippen MR) is 103 cm³/mol. The van der Waals surface area contributed by atoms with Crippen molar-refractivity contribution in [2.24, 2.45) is 0 Å². The summed E-state index contributed by atoms with van der Waals surface area (Å²) in [5, 5.41) is 3.48. The van der Waals surface area contributed by atoms with Gasteiger partial charge >= 0.3 is 0 Å². The van der Waals surface area contributed by atoms with Gasteiger partial charge in [0.05, 0.1) is 17.2 Å². The number of benzene rings is 2. The van der Waals surface area contributed by atoms with Gasteiger partial charge in [0.1, 0.15) is 6.54 Å². The van der Waals surface area contributed by atoms with Crippen molar-refractivity contribution < 1.29 is 4.79 Å². The molecule has 0 spiro atoms. The summed E-state index contributed by atoms with van der Waals surface area (Å²) in [7, 11) is 0. The Morgan fingerprint density at radius 3 is 2.65 bits per heavy atom. The van der Waals surface area contributed by atoms with Gasteiger partial charge in [0.2, 0.25) is 5.91 Å².